The van der Waals surface area contributed by atoms with Crippen LogP contribution in [-0.2, 0) is 10.3 Å². The zero-order valence-corrected chi connectivity index (χ0v) is 11.7. The third kappa shape index (κ3) is 2.45. The maximum absolute atomic E-state index is 9.58. The van der Waals surface area contributed by atoms with E-state index in [1.165, 1.54) is 6.42 Å². The average molecular weight is 271 g/mol. The van der Waals surface area contributed by atoms with Gasteiger partial charge in [-0.15, -0.1) is 0 Å². The van der Waals surface area contributed by atoms with Gasteiger partial charge >= 0.3 is 0 Å². The molecule has 0 bridgehead atoms. The minimum absolute atomic E-state index is 0.336. The van der Waals surface area contributed by atoms with Gasteiger partial charge in [0, 0.05) is 19.1 Å². The molecular weight excluding hydrogens is 250 g/mol. The normalized spacial score (nSPS) is 29.4. The molecule has 2 fully saturated rings. The lowest BCUT2D eigenvalue weighted by Gasteiger charge is -2.40. The van der Waals surface area contributed by atoms with E-state index < -0.39 is 5.54 Å². The molecule has 106 valence electrons. The smallest absolute Gasteiger partial charge is 0.142 e. The summed E-state index contributed by atoms with van der Waals surface area (Å²) >= 11 is 0. The topological polar surface area (TPSA) is 62.3 Å². The molecule has 1 aliphatic carbocycles. The van der Waals surface area contributed by atoms with Crippen molar-refractivity contribution in [3.8, 4) is 6.07 Å². The zero-order valence-electron chi connectivity index (χ0n) is 11.7. The van der Waals surface area contributed by atoms with Gasteiger partial charge in [0.25, 0.3) is 0 Å². The largest absolute Gasteiger partial charge is 0.375 e. The van der Waals surface area contributed by atoms with E-state index in [4.69, 9.17) is 10.5 Å². The molecule has 3 unspecified atom stereocenters. The number of rotatable bonds is 3. The van der Waals surface area contributed by atoms with E-state index in [-0.39, 0.29) is 0 Å². The Kier molecular flexibility index (Phi) is 3.75. The quantitative estimate of drug-likeness (QED) is 0.907. The number of hydrogen-bond acceptors (Lipinski definition) is 4. The summed E-state index contributed by atoms with van der Waals surface area (Å²) in [6, 6.07) is 12.5. The number of ether oxygens (including phenoxy) is 1. The van der Waals surface area contributed by atoms with Gasteiger partial charge in [-0.1, -0.05) is 30.3 Å². The molecule has 1 aliphatic heterocycles. The van der Waals surface area contributed by atoms with Crippen molar-refractivity contribution < 1.29 is 4.74 Å². The van der Waals surface area contributed by atoms with Gasteiger partial charge in [0.05, 0.1) is 18.8 Å². The van der Waals surface area contributed by atoms with Crippen LogP contribution in [0.3, 0.4) is 0 Å². The van der Waals surface area contributed by atoms with Crippen molar-refractivity contribution in [1.29, 1.82) is 5.26 Å². The highest BCUT2D eigenvalue weighted by Crippen LogP contribution is 2.31. The monoisotopic (exact) mass is 271 g/mol. The molecule has 3 rings (SSSR count). The van der Waals surface area contributed by atoms with Gasteiger partial charge in [0.1, 0.15) is 5.54 Å². The van der Waals surface area contributed by atoms with Crippen LogP contribution in [0.1, 0.15) is 24.8 Å². The van der Waals surface area contributed by atoms with Crippen molar-refractivity contribution in [3.63, 3.8) is 0 Å². The molecule has 1 saturated carbocycles. The number of nitrogens with zero attached hydrogens (tertiary/aromatic N) is 2. The first-order chi connectivity index (χ1) is 9.73. The van der Waals surface area contributed by atoms with Gasteiger partial charge in [0.2, 0.25) is 0 Å². The van der Waals surface area contributed by atoms with E-state index in [0.717, 1.165) is 31.6 Å². The highest BCUT2D eigenvalue weighted by Gasteiger charge is 2.40. The summed E-state index contributed by atoms with van der Waals surface area (Å²) in [6.45, 7) is 2.20. The summed E-state index contributed by atoms with van der Waals surface area (Å²) in [5.41, 5.74) is 6.34. The van der Waals surface area contributed by atoms with Crippen LogP contribution in [0.25, 0.3) is 0 Å². The van der Waals surface area contributed by atoms with E-state index in [1.54, 1.807) is 0 Å². The Bertz CT molecular complexity index is 498. The number of morpholine rings is 1. The first-order valence-corrected chi connectivity index (χ1v) is 7.34. The van der Waals surface area contributed by atoms with E-state index in [0.29, 0.717) is 18.7 Å². The average Bonchev–Trinajstić information content (AvgIpc) is 2.98. The molecule has 20 heavy (non-hydrogen) atoms. The van der Waals surface area contributed by atoms with Crippen LogP contribution in [-0.4, -0.2) is 36.7 Å². The fourth-order valence-corrected chi connectivity index (χ4v) is 3.45. The van der Waals surface area contributed by atoms with E-state index in [2.05, 4.69) is 11.0 Å². The summed E-state index contributed by atoms with van der Waals surface area (Å²) < 4.78 is 5.82. The summed E-state index contributed by atoms with van der Waals surface area (Å²) in [4.78, 5) is 2.36. The van der Waals surface area contributed by atoms with Gasteiger partial charge in [-0.25, -0.2) is 0 Å². The molecule has 0 aromatic heterocycles. The minimum Gasteiger partial charge on any atom is -0.375 e. The maximum Gasteiger partial charge on any atom is 0.142 e. The lowest BCUT2D eigenvalue weighted by atomic mass is 9.91. The number of nitriles is 1. The Morgan fingerprint density at radius 2 is 2.15 bits per heavy atom. The Morgan fingerprint density at radius 1 is 1.35 bits per heavy atom. The Balaban J connectivity index is 1.79. The van der Waals surface area contributed by atoms with Crippen molar-refractivity contribution in [3.05, 3.63) is 35.9 Å². The van der Waals surface area contributed by atoms with Crippen molar-refractivity contribution in [2.24, 2.45) is 5.73 Å². The van der Waals surface area contributed by atoms with Gasteiger partial charge in [-0.3, -0.25) is 4.90 Å². The molecule has 1 heterocycles. The second kappa shape index (κ2) is 5.53. The second-order valence-electron chi connectivity index (χ2n) is 5.83. The van der Waals surface area contributed by atoms with Crippen LogP contribution in [0, 0.1) is 11.3 Å². The fraction of sp³-hybridized carbons (Fsp3) is 0.562. The molecule has 3 atom stereocenters. The molecule has 4 nitrogen and oxygen atoms in total. The van der Waals surface area contributed by atoms with Crippen LogP contribution in [0.4, 0.5) is 0 Å². The molecule has 0 amide bonds. The Hall–Kier alpha value is -1.41. The van der Waals surface area contributed by atoms with Gasteiger partial charge in [-0.05, 0) is 24.8 Å². The molecule has 1 aromatic carbocycles. The highest BCUT2D eigenvalue weighted by molar-refractivity contribution is 5.31. The summed E-state index contributed by atoms with van der Waals surface area (Å²) in [6.07, 6.45) is 3.83. The lowest BCUT2D eigenvalue weighted by Crippen LogP contribution is -2.55. The van der Waals surface area contributed by atoms with E-state index >= 15 is 0 Å². The number of hydrogen-bond donors (Lipinski definition) is 1. The Morgan fingerprint density at radius 3 is 2.90 bits per heavy atom. The van der Waals surface area contributed by atoms with Crippen molar-refractivity contribution >= 4 is 0 Å². The second-order valence-corrected chi connectivity index (χ2v) is 5.83. The maximum atomic E-state index is 9.58. The van der Waals surface area contributed by atoms with Crippen LogP contribution in [0.5, 0.6) is 0 Å². The van der Waals surface area contributed by atoms with Crippen LogP contribution >= 0.6 is 0 Å². The zero-order chi connectivity index (χ0) is 14.0. The molecule has 1 aromatic rings. The van der Waals surface area contributed by atoms with Crippen LogP contribution in [0.15, 0.2) is 30.3 Å². The number of fused-ring (bicyclic) bond motifs is 1. The summed E-state index contributed by atoms with van der Waals surface area (Å²) in [7, 11) is 0. The standard InChI is InChI=1S/C16H21N3O/c17-11-16(18,13-5-2-1-3-6-13)12-19-9-10-20-15-8-4-7-14(15)19/h1-3,5-6,14-15H,4,7-10,12,18H2. The minimum atomic E-state index is -0.939. The first kappa shape index (κ1) is 13.6. The predicted octanol–water partition coefficient (Wildman–Crippen LogP) is 1.62. The van der Waals surface area contributed by atoms with Crippen molar-refractivity contribution in [1.82, 2.24) is 4.90 Å². The molecule has 0 spiro atoms. The molecule has 2 N–H and O–H groups in total. The first-order valence-electron chi connectivity index (χ1n) is 7.34. The molecule has 0 radical (unpaired) electrons. The number of nitrogens with two attached hydrogens (primary N) is 1. The van der Waals surface area contributed by atoms with Crippen molar-refractivity contribution in [2.75, 3.05) is 19.7 Å². The van der Waals surface area contributed by atoms with Crippen LogP contribution in [0.2, 0.25) is 0 Å². The van der Waals surface area contributed by atoms with E-state index in [9.17, 15) is 5.26 Å². The fourth-order valence-electron chi connectivity index (χ4n) is 3.45. The molecular formula is C16H21N3O. The van der Waals surface area contributed by atoms with Gasteiger partial charge in [0.15, 0.2) is 0 Å². The highest BCUT2D eigenvalue weighted by atomic mass is 16.5. The molecule has 2 aliphatic rings. The molecule has 1 saturated heterocycles. The van der Waals surface area contributed by atoms with Crippen LogP contribution < -0.4 is 5.73 Å². The van der Waals surface area contributed by atoms with Gasteiger partial charge in [-0.2, -0.15) is 5.26 Å². The number of benzene rings is 1. The molecule has 4 heteroatoms. The predicted molar refractivity (Wildman–Crippen MR) is 76.9 cm³/mol. The third-order valence-electron chi connectivity index (χ3n) is 4.54. The summed E-state index contributed by atoms with van der Waals surface area (Å²) in [5, 5.41) is 9.58. The van der Waals surface area contributed by atoms with Gasteiger partial charge < -0.3 is 10.5 Å². The van der Waals surface area contributed by atoms with E-state index in [1.807, 2.05) is 30.3 Å². The Labute approximate surface area is 120 Å². The summed E-state index contributed by atoms with van der Waals surface area (Å²) in [5.74, 6) is 0. The van der Waals surface area contributed by atoms with Crippen molar-refractivity contribution in [2.45, 2.75) is 36.9 Å². The SMILES string of the molecule is N#CC(N)(CN1CCOC2CCCC21)c1ccccc1. The third-order valence-corrected chi connectivity index (χ3v) is 4.54. The lowest BCUT2D eigenvalue weighted by molar-refractivity contribution is -0.0598.